The van der Waals surface area contributed by atoms with Crippen LogP contribution in [0.2, 0.25) is 0 Å². The van der Waals surface area contributed by atoms with Gasteiger partial charge in [0.25, 0.3) is 5.91 Å². The molecule has 120 valence electrons. The maximum Gasteiger partial charge on any atom is 0.252 e. The van der Waals surface area contributed by atoms with E-state index in [0.29, 0.717) is 38.8 Å². The molecule has 1 aromatic carbocycles. The summed E-state index contributed by atoms with van der Waals surface area (Å²) in [6.45, 7) is 1.26. The van der Waals surface area contributed by atoms with Crippen LogP contribution in [0.4, 0.5) is 8.78 Å². The molecule has 1 saturated heterocycles. The average Bonchev–Trinajstić information content (AvgIpc) is 3.25. The van der Waals surface area contributed by atoms with Crippen molar-refractivity contribution in [3.8, 4) is 0 Å². The van der Waals surface area contributed by atoms with Crippen molar-refractivity contribution >= 4 is 5.91 Å². The molecule has 2 aliphatic rings. The van der Waals surface area contributed by atoms with Crippen molar-refractivity contribution in [1.29, 1.82) is 0 Å². The number of benzene rings is 1. The summed E-state index contributed by atoms with van der Waals surface area (Å²) in [4.78, 5) is 14.5. The van der Waals surface area contributed by atoms with Crippen LogP contribution in [0.15, 0.2) is 18.2 Å². The number of nitrogens with zero attached hydrogens (tertiary/aromatic N) is 1. The Hall–Kier alpha value is -1.53. The van der Waals surface area contributed by atoms with Crippen LogP contribution >= 0.6 is 0 Å². The van der Waals surface area contributed by atoms with Crippen molar-refractivity contribution in [1.82, 2.24) is 10.2 Å². The van der Waals surface area contributed by atoms with Crippen LogP contribution in [0.25, 0.3) is 0 Å². The van der Waals surface area contributed by atoms with Crippen LogP contribution in [0.5, 0.6) is 0 Å². The van der Waals surface area contributed by atoms with Crippen LogP contribution in [-0.2, 0) is 10.3 Å². The molecular formula is C16H20F2N2O2. The normalized spacial score (nSPS) is 23.1. The van der Waals surface area contributed by atoms with Gasteiger partial charge >= 0.3 is 0 Å². The van der Waals surface area contributed by atoms with Crippen molar-refractivity contribution in [2.75, 3.05) is 20.1 Å². The van der Waals surface area contributed by atoms with Crippen LogP contribution in [-0.4, -0.2) is 41.7 Å². The van der Waals surface area contributed by atoms with Crippen molar-refractivity contribution in [2.24, 2.45) is 0 Å². The molecule has 2 N–H and O–H groups in total. The van der Waals surface area contributed by atoms with Crippen molar-refractivity contribution in [3.05, 3.63) is 35.4 Å². The fourth-order valence-corrected chi connectivity index (χ4v) is 3.00. The first-order valence-electron chi connectivity index (χ1n) is 7.54. The van der Waals surface area contributed by atoms with Crippen molar-refractivity contribution < 1.29 is 18.7 Å². The first-order chi connectivity index (χ1) is 10.3. The summed E-state index contributed by atoms with van der Waals surface area (Å²) in [5, 5.41) is 13.3. The molecule has 1 heterocycles. The van der Waals surface area contributed by atoms with Gasteiger partial charge in [-0.1, -0.05) is 0 Å². The Morgan fingerprint density at radius 3 is 2.45 bits per heavy atom. The number of likely N-dealkylation sites (tertiary alicyclic amines) is 1. The van der Waals surface area contributed by atoms with E-state index in [1.165, 1.54) is 0 Å². The lowest BCUT2D eigenvalue weighted by molar-refractivity contribution is -0.145. The van der Waals surface area contributed by atoms with E-state index < -0.39 is 28.7 Å². The van der Waals surface area contributed by atoms with Gasteiger partial charge in [-0.25, -0.2) is 8.78 Å². The number of hydrogen-bond donors (Lipinski definition) is 2. The number of carbonyl (C=O) groups is 1. The second-order valence-corrected chi connectivity index (χ2v) is 6.50. The molecule has 1 aliphatic heterocycles. The Bertz CT molecular complexity index is 594. The Balaban J connectivity index is 1.77. The number of rotatable bonds is 3. The lowest BCUT2D eigenvalue weighted by atomic mass is 9.89. The maximum absolute atomic E-state index is 14.0. The first kappa shape index (κ1) is 15.4. The first-order valence-corrected chi connectivity index (χ1v) is 7.54. The summed E-state index contributed by atoms with van der Waals surface area (Å²) >= 11 is 0. The topological polar surface area (TPSA) is 52.6 Å². The molecule has 0 atom stereocenters. The Morgan fingerprint density at radius 1 is 1.23 bits per heavy atom. The molecule has 0 spiro atoms. The van der Waals surface area contributed by atoms with Gasteiger partial charge in [0.15, 0.2) is 0 Å². The van der Waals surface area contributed by atoms with Gasteiger partial charge in [0.05, 0.1) is 5.54 Å². The Labute approximate surface area is 128 Å². The van der Waals surface area contributed by atoms with Gasteiger partial charge in [0.1, 0.15) is 17.2 Å². The van der Waals surface area contributed by atoms with E-state index in [2.05, 4.69) is 5.32 Å². The predicted octanol–water partition coefficient (Wildman–Crippen LogP) is 1.53. The molecule has 0 unspecified atom stereocenters. The number of halogens is 2. The largest absolute Gasteiger partial charge is 0.380 e. The zero-order valence-electron chi connectivity index (χ0n) is 12.5. The summed E-state index contributed by atoms with van der Waals surface area (Å²) in [5.74, 6) is -1.55. The van der Waals surface area contributed by atoms with Crippen LogP contribution in [0.3, 0.4) is 0 Å². The fourth-order valence-electron chi connectivity index (χ4n) is 3.00. The number of hydrogen-bond acceptors (Lipinski definition) is 3. The highest BCUT2D eigenvalue weighted by Crippen LogP contribution is 2.47. The molecule has 1 amide bonds. The number of amides is 1. The highest BCUT2D eigenvalue weighted by Gasteiger charge is 2.51. The van der Waals surface area contributed by atoms with Crippen molar-refractivity contribution in [3.63, 3.8) is 0 Å². The molecule has 1 aliphatic carbocycles. The maximum atomic E-state index is 14.0. The van der Waals surface area contributed by atoms with Gasteiger partial charge in [-0.05, 0) is 50.9 Å². The number of aliphatic hydroxyl groups is 1. The highest BCUT2D eigenvalue weighted by molar-refractivity contribution is 5.86. The monoisotopic (exact) mass is 310 g/mol. The summed E-state index contributed by atoms with van der Waals surface area (Å²) < 4.78 is 27.3. The third-order valence-corrected chi connectivity index (χ3v) is 4.78. The van der Waals surface area contributed by atoms with Crippen LogP contribution < -0.4 is 5.32 Å². The molecule has 22 heavy (non-hydrogen) atoms. The van der Waals surface area contributed by atoms with E-state index in [0.717, 1.165) is 18.2 Å². The number of nitrogens with one attached hydrogen (secondary N) is 1. The minimum absolute atomic E-state index is 0.164. The standard InChI is InChI=1S/C16H20F2N2O2/c1-20-8-6-16(22,7-9-20)14(21)19-15(4-5-15)12-10-11(17)2-3-13(12)18/h2-3,10,22H,4-9H2,1H3,(H,19,21). The quantitative estimate of drug-likeness (QED) is 0.890. The highest BCUT2D eigenvalue weighted by atomic mass is 19.1. The van der Waals surface area contributed by atoms with Gasteiger partial charge in [-0.2, -0.15) is 0 Å². The van der Waals surface area contributed by atoms with Gasteiger partial charge in [0, 0.05) is 18.7 Å². The summed E-state index contributed by atoms with van der Waals surface area (Å²) in [5.41, 5.74) is -2.13. The molecule has 0 aromatic heterocycles. The summed E-state index contributed by atoms with van der Waals surface area (Å²) in [6, 6.07) is 3.25. The van der Waals surface area contributed by atoms with Crippen molar-refractivity contribution in [2.45, 2.75) is 36.8 Å². The SMILES string of the molecule is CN1CCC(O)(C(=O)NC2(c3cc(F)ccc3F)CC2)CC1. The molecule has 2 fully saturated rings. The molecule has 4 nitrogen and oxygen atoms in total. The molecule has 1 saturated carbocycles. The average molecular weight is 310 g/mol. The second-order valence-electron chi connectivity index (χ2n) is 6.50. The third kappa shape index (κ3) is 2.73. The minimum Gasteiger partial charge on any atom is -0.380 e. The fraction of sp³-hybridized carbons (Fsp3) is 0.562. The second kappa shape index (κ2) is 5.28. The van der Waals surface area contributed by atoms with E-state index >= 15 is 0 Å². The van der Waals surface area contributed by atoms with Gasteiger partial charge in [0.2, 0.25) is 0 Å². The number of carbonyl (C=O) groups excluding carboxylic acids is 1. The van der Waals surface area contributed by atoms with E-state index in [9.17, 15) is 18.7 Å². The molecule has 6 heteroatoms. The molecule has 3 rings (SSSR count). The molecular weight excluding hydrogens is 290 g/mol. The smallest absolute Gasteiger partial charge is 0.252 e. The molecule has 0 radical (unpaired) electrons. The molecule has 1 aromatic rings. The van der Waals surface area contributed by atoms with E-state index in [4.69, 9.17) is 0 Å². The zero-order valence-corrected chi connectivity index (χ0v) is 12.5. The van der Waals surface area contributed by atoms with E-state index in [1.807, 2.05) is 11.9 Å². The zero-order chi connectivity index (χ0) is 16.0. The van der Waals surface area contributed by atoms with Crippen LogP contribution in [0.1, 0.15) is 31.2 Å². The summed E-state index contributed by atoms with van der Waals surface area (Å²) in [7, 11) is 1.93. The van der Waals surface area contributed by atoms with Gasteiger partial charge in [-0.15, -0.1) is 0 Å². The third-order valence-electron chi connectivity index (χ3n) is 4.78. The van der Waals surface area contributed by atoms with Gasteiger partial charge < -0.3 is 15.3 Å². The Kier molecular flexibility index (Phi) is 3.69. The lowest BCUT2D eigenvalue weighted by Crippen LogP contribution is -2.55. The Morgan fingerprint density at radius 2 is 1.86 bits per heavy atom. The minimum atomic E-state index is -1.42. The lowest BCUT2D eigenvalue weighted by Gasteiger charge is -2.36. The summed E-state index contributed by atoms with van der Waals surface area (Å²) in [6.07, 6.45) is 1.79. The van der Waals surface area contributed by atoms with Gasteiger partial charge in [-0.3, -0.25) is 4.79 Å². The van der Waals surface area contributed by atoms with E-state index in [1.54, 1.807) is 0 Å². The number of piperidine rings is 1. The van der Waals surface area contributed by atoms with Crippen LogP contribution in [0, 0.1) is 11.6 Å². The predicted molar refractivity (Wildman–Crippen MR) is 77.1 cm³/mol. The van der Waals surface area contributed by atoms with E-state index in [-0.39, 0.29) is 5.56 Å². The molecule has 0 bridgehead atoms.